The fourth-order valence-electron chi connectivity index (χ4n) is 4.11. The predicted octanol–water partition coefficient (Wildman–Crippen LogP) is 1.52. The number of rotatable bonds is 1. The maximum Gasteiger partial charge on any atom is 0.322 e. The fraction of sp³-hybridized carbons (Fsp3) is 0.500. The van der Waals surface area contributed by atoms with E-state index in [0.29, 0.717) is 0 Å². The van der Waals surface area contributed by atoms with Crippen LogP contribution in [0.2, 0.25) is 0 Å². The van der Waals surface area contributed by atoms with Crippen LogP contribution in [0.15, 0.2) is 30.3 Å². The quantitative estimate of drug-likeness (QED) is 0.770. The molecular weight excluding hydrogens is 266 g/mol. The Morgan fingerprint density at radius 2 is 1.86 bits per heavy atom. The third-order valence-electron chi connectivity index (χ3n) is 5.07. The number of benzene rings is 1. The molecule has 0 aliphatic carbocycles. The van der Waals surface area contributed by atoms with Crippen molar-refractivity contribution in [1.29, 1.82) is 0 Å². The van der Waals surface area contributed by atoms with E-state index in [0.717, 1.165) is 6.54 Å². The summed E-state index contributed by atoms with van der Waals surface area (Å²) in [7, 11) is 2.08. The number of hydrogen-bond donors (Lipinski definition) is 2. The second-order valence-corrected chi connectivity index (χ2v) is 6.26. The van der Waals surface area contributed by atoms with Gasteiger partial charge in [0.05, 0.1) is 0 Å². The van der Waals surface area contributed by atoms with Crippen molar-refractivity contribution in [3.63, 3.8) is 0 Å². The highest BCUT2D eigenvalue weighted by molar-refractivity contribution is 6.07. The molecule has 3 amide bonds. The third-order valence-corrected chi connectivity index (χ3v) is 5.07. The Morgan fingerprint density at radius 1 is 1.19 bits per heavy atom. The van der Waals surface area contributed by atoms with Gasteiger partial charge >= 0.3 is 6.03 Å². The molecule has 1 spiro atoms. The van der Waals surface area contributed by atoms with Crippen molar-refractivity contribution in [1.82, 2.24) is 15.5 Å². The number of hydrogen-bond acceptors (Lipinski definition) is 3. The van der Waals surface area contributed by atoms with Crippen LogP contribution in [0.5, 0.6) is 0 Å². The molecule has 3 rings (SSSR count). The van der Waals surface area contributed by atoms with Crippen molar-refractivity contribution in [3.8, 4) is 0 Å². The van der Waals surface area contributed by atoms with Crippen LogP contribution in [-0.2, 0) is 4.79 Å². The Hall–Kier alpha value is -1.88. The van der Waals surface area contributed by atoms with Crippen molar-refractivity contribution >= 4 is 11.9 Å². The molecule has 2 heterocycles. The first-order valence-electron chi connectivity index (χ1n) is 7.35. The van der Waals surface area contributed by atoms with Gasteiger partial charge in [0.25, 0.3) is 5.91 Å². The second-order valence-electron chi connectivity index (χ2n) is 6.26. The lowest BCUT2D eigenvalue weighted by Crippen LogP contribution is -2.65. The molecule has 2 fully saturated rings. The van der Waals surface area contributed by atoms with Gasteiger partial charge in [-0.05, 0) is 12.6 Å². The van der Waals surface area contributed by atoms with Crippen LogP contribution >= 0.6 is 0 Å². The van der Waals surface area contributed by atoms with E-state index in [1.165, 1.54) is 5.56 Å². The van der Waals surface area contributed by atoms with Crippen LogP contribution in [-0.4, -0.2) is 36.0 Å². The van der Waals surface area contributed by atoms with Gasteiger partial charge in [-0.2, -0.15) is 0 Å². The summed E-state index contributed by atoms with van der Waals surface area (Å²) in [6, 6.07) is 9.88. The number of nitrogens with zero attached hydrogens (tertiary/aromatic N) is 1. The van der Waals surface area contributed by atoms with Gasteiger partial charge < -0.3 is 5.32 Å². The van der Waals surface area contributed by atoms with Crippen molar-refractivity contribution in [2.24, 2.45) is 11.8 Å². The Morgan fingerprint density at radius 3 is 2.43 bits per heavy atom. The van der Waals surface area contributed by atoms with Gasteiger partial charge in [-0.3, -0.25) is 15.0 Å². The van der Waals surface area contributed by atoms with Crippen molar-refractivity contribution in [2.45, 2.75) is 25.4 Å². The zero-order chi connectivity index (χ0) is 15.2. The molecule has 0 bridgehead atoms. The maximum absolute atomic E-state index is 12.5. The molecule has 2 saturated heterocycles. The fourth-order valence-corrected chi connectivity index (χ4v) is 4.11. The van der Waals surface area contributed by atoms with Gasteiger partial charge in [0.2, 0.25) is 0 Å². The molecule has 0 saturated carbocycles. The molecule has 21 heavy (non-hydrogen) atoms. The molecule has 2 aliphatic rings. The average molecular weight is 287 g/mol. The summed E-state index contributed by atoms with van der Waals surface area (Å²) in [5.41, 5.74) is 0.358. The van der Waals surface area contributed by atoms with Crippen molar-refractivity contribution in [2.75, 3.05) is 13.6 Å². The molecule has 112 valence electrons. The lowest BCUT2D eigenvalue weighted by Gasteiger charge is -2.50. The largest absolute Gasteiger partial charge is 0.323 e. The number of imide groups is 1. The topological polar surface area (TPSA) is 61.4 Å². The first-order chi connectivity index (χ1) is 9.96. The van der Waals surface area contributed by atoms with Gasteiger partial charge in [-0.1, -0.05) is 44.2 Å². The van der Waals surface area contributed by atoms with E-state index in [1.807, 2.05) is 25.1 Å². The van der Waals surface area contributed by atoms with E-state index in [1.54, 1.807) is 0 Å². The normalized spacial score (nSPS) is 36.6. The number of likely N-dealkylation sites (tertiary alicyclic amines) is 1. The Bertz CT molecular complexity index is 574. The Labute approximate surface area is 124 Å². The average Bonchev–Trinajstić information content (AvgIpc) is 2.74. The van der Waals surface area contributed by atoms with Crippen LogP contribution in [0, 0.1) is 11.8 Å². The molecule has 2 aliphatic heterocycles. The molecule has 5 heteroatoms. The highest BCUT2D eigenvalue weighted by Gasteiger charge is 2.59. The molecule has 0 aromatic heterocycles. The van der Waals surface area contributed by atoms with Gasteiger partial charge in [-0.25, -0.2) is 4.79 Å². The Kier molecular flexibility index (Phi) is 3.24. The highest BCUT2D eigenvalue weighted by atomic mass is 16.2. The maximum atomic E-state index is 12.5. The predicted molar refractivity (Wildman–Crippen MR) is 79.5 cm³/mol. The number of carbonyl (C=O) groups excluding carboxylic acids is 2. The van der Waals surface area contributed by atoms with E-state index in [9.17, 15) is 9.59 Å². The number of amides is 3. The zero-order valence-electron chi connectivity index (χ0n) is 12.6. The number of carbonyl (C=O) groups is 2. The standard InChI is InChI=1S/C16H21N3O2/c1-10-9-19(3)13(12-7-5-4-6-8-12)11(2)16(10)14(20)17-15(21)18-16/h4-8,10-11,13H,9H2,1-3H3,(H2,17,18,20,21)/t10-,11+,13+,16+/m1/s1. The van der Waals surface area contributed by atoms with Crippen molar-refractivity contribution in [3.05, 3.63) is 35.9 Å². The monoisotopic (exact) mass is 287 g/mol. The van der Waals surface area contributed by atoms with Gasteiger partial charge in [-0.15, -0.1) is 0 Å². The van der Waals surface area contributed by atoms with E-state index >= 15 is 0 Å². The molecule has 4 atom stereocenters. The van der Waals surface area contributed by atoms with E-state index < -0.39 is 5.54 Å². The van der Waals surface area contributed by atoms with E-state index in [-0.39, 0.29) is 29.8 Å². The molecule has 2 N–H and O–H groups in total. The minimum absolute atomic E-state index is 0.0138. The minimum Gasteiger partial charge on any atom is -0.323 e. The van der Waals surface area contributed by atoms with Gasteiger partial charge in [0.1, 0.15) is 5.54 Å². The smallest absolute Gasteiger partial charge is 0.322 e. The molecule has 0 radical (unpaired) electrons. The van der Waals surface area contributed by atoms with Crippen LogP contribution in [0.1, 0.15) is 25.5 Å². The van der Waals surface area contributed by atoms with Gasteiger partial charge in [0, 0.05) is 24.4 Å². The molecule has 5 nitrogen and oxygen atoms in total. The summed E-state index contributed by atoms with van der Waals surface area (Å²) in [6.07, 6.45) is 0. The first kappa shape index (κ1) is 14.1. The summed E-state index contributed by atoms with van der Waals surface area (Å²) in [6.45, 7) is 4.84. The number of piperidine rings is 1. The van der Waals surface area contributed by atoms with Gasteiger partial charge in [0.15, 0.2) is 0 Å². The summed E-state index contributed by atoms with van der Waals surface area (Å²) in [5.74, 6) is -0.148. The third kappa shape index (κ3) is 1.95. The van der Waals surface area contributed by atoms with Crippen LogP contribution in [0.4, 0.5) is 4.79 Å². The lowest BCUT2D eigenvalue weighted by molar-refractivity contribution is -0.132. The zero-order valence-corrected chi connectivity index (χ0v) is 12.6. The van der Waals surface area contributed by atoms with Crippen molar-refractivity contribution < 1.29 is 9.59 Å². The summed E-state index contributed by atoms with van der Waals surface area (Å²) in [5, 5.41) is 5.33. The van der Waals surface area contributed by atoms with Crippen LogP contribution in [0.3, 0.4) is 0 Å². The summed E-state index contributed by atoms with van der Waals surface area (Å²) >= 11 is 0. The van der Waals surface area contributed by atoms with Crippen LogP contribution in [0.25, 0.3) is 0 Å². The van der Waals surface area contributed by atoms with E-state index in [2.05, 4.69) is 41.6 Å². The Balaban J connectivity index is 2.04. The summed E-state index contributed by atoms with van der Waals surface area (Å²) < 4.78 is 0. The summed E-state index contributed by atoms with van der Waals surface area (Å²) in [4.78, 5) is 26.4. The second kappa shape index (κ2) is 4.84. The molecule has 0 unspecified atom stereocenters. The molecular formula is C16H21N3O2. The SMILES string of the molecule is C[C@@H]1CN(C)[C@H](c2ccccc2)[C@H](C)[C@@]12NC(=O)NC2=O. The minimum atomic E-state index is -0.815. The lowest BCUT2D eigenvalue weighted by atomic mass is 9.67. The first-order valence-corrected chi connectivity index (χ1v) is 7.35. The van der Waals surface area contributed by atoms with Crippen LogP contribution < -0.4 is 10.6 Å². The number of nitrogens with one attached hydrogen (secondary N) is 2. The number of urea groups is 1. The molecule has 1 aromatic rings. The highest BCUT2D eigenvalue weighted by Crippen LogP contribution is 2.44. The van der Waals surface area contributed by atoms with E-state index in [4.69, 9.17) is 0 Å². The molecule has 1 aromatic carbocycles.